The number of fused-ring (bicyclic) bond motifs is 1. The van der Waals surface area contributed by atoms with Gasteiger partial charge in [0.15, 0.2) is 5.13 Å². The third-order valence-electron chi connectivity index (χ3n) is 6.85. The Bertz CT molecular complexity index is 1900. The number of hydrogen-bond acceptors (Lipinski definition) is 6. The van der Waals surface area contributed by atoms with Crippen molar-refractivity contribution in [3.63, 3.8) is 0 Å². The smallest absolute Gasteiger partial charge is 0.271 e. The Morgan fingerprint density at radius 3 is 2.49 bits per heavy atom. The van der Waals surface area contributed by atoms with Crippen LogP contribution >= 0.6 is 22.9 Å². The van der Waals surface area contributed by atoms with Gasteiger partial charge in [-0.15, -0.1) is 11.3 Å². The summed E-state index contributed by atoms with van der Waals surface area (Å²) in [7, 11) is 0. The highest BCUT2D eigenvalue weighted by Gasteiger charge is 2.10. The van der Waals surface area contributed by atoms with E-state index in [9.17, 15) is 4.79 Å². The number of nitrogens with one attached hydrogen (secondary N) is 2. The quantitative estimate of drug-likeness (QED) is 0.128. The molecule has 0 saturated heterocycles. The lowest BCUT2D eigenvalue weighted by Gasteiger charge is -2.12. The van der Waals surface area contributed by atoms with E-state index in [0.29, 0.717) is 22.9 Å². The number of rotatable bonds is 9. The molecule has 0 unspecified atom stereocenters. The van der Waals surface area contributed by atoms with Crippen LogP contribution in [0.25, 0.3) is 22.0 Å². The minimum absolute atomic E-state index is 0.312. The van der Waals surface area contributed by atoms with Crippen molar-refractivity contribution in [1.29, 1.82) is 0 Å². The SMILES string of the molecule is Cc1ccc(COc2ccc3ccccc3c2/C=N\NC(=O)c2ccc(-c3csc(Nc4ccc(Cl)cc4)n3)cc2)cc1. The Morgan fingerprint density at radius 2 is 1.70 bits per heavy atom. The topological polar surface area (TPSA) is 75.6 Å². The number of thiazole rings is 1. The first-order valence-corrected chi connectivity index (χ1v) is 14.9. The molecule has 0 aliphatic heterocycles. The number of aryl methyl sites for hydroxylation is 1. The summed E-state index contributed by atoms with van der Waals surface area (Å²) in [5.41, 5.74) is 8.86. The summed E-state index contributed by atoms with van der Waals surface area (Å²) < 4.78 is 6.19. The molecule has 0 aliphatic carbocycles. The zero-order valence-electron chi connectivity index (χ0n) is 23.3. The van der Waals surface area contributed by atoms with Gasteiger partial charge in [-0.1, -0.05) is 83.9 Å². The minimum Gasteiger partial charge on any atom is -0.488 e. The molecular weight excluding hydrogens is 576 g/mol. The molecule has 8 heteroatoms. The minimum atomic E-state index is -0.312. The molecular formula is C35H27ClN4O2S. The van der Waals surface area contributed by atoms with E-state index in [-0.39, 0.29) is 5.91 Å². The van der Waals surface area contributed by atoms with Crippen molar-refractivity contribution in [3.8, 4) is 17.0 Å². The predicted octanol–water partition coefficient (Wildman–Crippen LogP) is 9.01. The maximum atomic E-state index is 12.9. The van der Waals surface area contributed by atoms with Crippen LogP contribution in [0.3, 0.4) is 0 Å². The second-order valence-corrected chi connectivity index (χ2v) is 11.2. The zero-order valence-corrected chi connectivity index (χ0v) is 24.8. The molecule has 5 aromatic carbocycles. The van der Waals surface area contributed by atoms with Gasteiger partial charge in [-0.2, -0.15) is 5.10 Å². The standard InChI is InChI=1S/C35H27ClN4O2S/c1-23-6-8-24(9-7-23)21-42-33-19-14-25-4-2-3-5-30(25)31(33)20-37-40-34(41)27-12-10-26(11-13-27)32-22-43-35(39-32)38-29-17-15-28(36)16-18-29/h2-20,22H,21H2,1H3,(H,38,39)(H,40,41)/b37-20-. The van der Waals surface area contributed by atoms with Gasteiger partial charge in [-0.3, -0.25) is 4.79 Å². The molecule has 1 heterocycles. The van der Waals surface area contributed by atoms with Crippen LogP contribution in [0, 0.1) is 6.92 Å². The van der Waals surface area contributed by atoms with E-state index < -0.39 is 0 Å². The largest absolute Gasteiger partial charge is 0.488 e. The average Bonchev–Trinajstić information content (AvgIpc) is 3.51. The van der Waals surface area contributed by atoms with E-state index in [1.807, 2.05) is 78.2 Å². The average molecular weight is 603 g/mol. The maximum Gasteiger partial charge on any atom is 0.271 e. The highest BCUT2D eigenvalue weighted by Crippen LogP contribution is 2.29. The van der Waals surface area contributed by atoms with Crippen molar-refractivity contribution < 1.29 is 9.53 Å². The lowest BCUT2D eigenvalue weighted by atomic mass is 10.0. The number of halogens is 1. The van der Waals surface area contributed by atoms with Crippen LogP contribution in [-0.2, 0) is 6.61 Å². The molecule has 0 fully saturated rings. The molecule has 0 spiro atoms. The highest BCUT2D eigenvalue weighted by molar-refractivity contribution is 7.14. The van der Waals surface area contributed by atoms with Gasteiger partial charge >= 0.3 is 0 Å². The molecule has 6 rings (SSSR count). The molecule has 2 N–H and O–H groups in total. The summed E-state index contributed by atoms with van der Waals surface area (Å²) in [6, 6.07) is 35.0. The first kappa shape index (κ1) is 28.2. The van der Waals surface area contributed by atoms with Gasteiger partial charge in [0, 0.05) is 32.8 Å². The molecule has 43 heavy (non-hydrogen) atoms. The summed E-state index contributed by atoms with van der Waals surface area (Å²) in [5, 5.41) is 13.0. The van der Waals surface area contributed by atoms with Crippen LogP contribution in [0.4, 0.5) is 10.8 Å². The van der Waals surface area contributed by atoms with Gasteiger partial charge in [0.1, 0.15) is 12.4 Å². The van der Waals surface area contributed by atoms with Crippen molar-refractivity contribution >= 4 is 56.7 Å². The summed E-state index contributed by atoms with van der Waals surface area (Å²) in [6.07, 6.45) is 1.64. The van der Waals surface area contributed by atoms with Crippen molar-refractivity contribution in [2.75, 3.05) is 5.32 Å². The Labute approximate surface area is 258 Å². The fourth-order valence-corrected chi connectivity index (χ4v) is 5.38. The third-order valence-corrected chi connectivity index (χ3v) is 7.86. The molecule has 0 aliphatic rings. The molecule has 6 aromatic rings. The van der Waals surface area contributed by atoms with E-state index in [1.165, 1.54) is 16.9 Å². The number of hydrogen-bond donors (Lipinski definition) is 2. The number of benzene rings is 5. The number of carbonyl (C=O) groups excluding carboxylic acids is 1. The van der Waals surface area contributed by atoms with Crippen LogP contribution in [-0.4, -0.2) is 17.1 Å². The normalized spacial score (nSPS) is 11.1. The first-order valence-electron chi connectivity index (χ1n) is 13.6. The molecule has 212 valence electrons. The summed E-state index contributed by atoms with van der Waals surface area (Å²) in [6.45, 7) is 2.49. The first-order chi connectivity index (χ1) is 21.0. The Morgan fingerprint density at radius 1 is 0.930 bits per heavy atom. The Hall–Kier alpha value is -4.98. The zero-order chi connectivity index (χ0) is 29.6. The van der Waals surface area contributed by atoms with Crippen molar-refractivity contribution in [1.82, 2.24) is 10.4 Å². The number of hydrazone groups is 1. The second kappa shape index (κ2) is 12.9. The van der Waals surface area contributed by atoms with Crippen LogP contribution in [0.1, 0.15) is 27.0 Å². The molecule has 0 radical (unpaired) electrons. The van der Waals surface area contributed by atoms with Crippen molar-refractivity contribution in [2.24, 2.45) is 5.10 Å². The molecule has 0 bridgehead atoms. The second-order valence-electron chi connectivity index (χ2n) is 9.92. The molecule has 1 aromatic heterocycles. The van der Waals surface area contributed by atoms with Crippen molar-refractivity contribution in [3.05, 3.63) is 142 Å². The molecule has 1 amide bonds. The van der Waals surface area contributed by atoms with Gasteiger partial charge in [-0.25, -0.2) is 10.4 Å². The van der Waals surface area contributed by atoms with E-state index in [1.54, 1.807) is 18.3 Å². The Kier molecular flexibility index (Phi) is 8.45. The fourth-order valence-electron chi connectivity index (χ4n) is 4.51. The third kappa shape index (κ3) is 6.92. The van der Waals surface area contributed by atoms with Crippen LogP contribution in [0.15, 0.2) is 120 Å². The number of ether oxygens (including phenoxy) is 1. The maximum absolute atomic E-state index is 12.9. The van der Waals surface area contributed by atoms with Gasteiger partial charge in [-0.05, 0) is 65.7 Å². The van der Waals surface area contributed by atoms with Gasteiger partial charge in [0.25, 0.3) is 5.91 Å². The van der Waals surface area contributed by atoms with Crippen LogP contribution in [0.5, 0.6) is 5.75 Å². The van der Waals surface area contributed by atoms with E-state index in [0.717, 1.165) is 44.0 Å². The van der Waals surface area contributed by atoms with E-state index >= 15 is 0 Å². The number of amides is 1. The van der Waals surface area contributed by atoms with Gasteiger partial charge in [0.05, 0.1) is 11.9 Å². The molecule has 0 saturated carbocycles. The summed E-state index contributed by atoms with van der Waals surface area (Å²) in [4.78, 5) is 17.6. The van der Waals surface area contributed by atoms with Crippen LogP contribution in [0.2, 0.25) is 5.02 Å². The number of aromatic nitrogens is 1. The summed E-state index contributed by atoms with van der Waals surface area (Å²) in [5.74, 6) is 0.378. The number of nitrogens with zero attached hydrogens (tertiary/aromatic N) is 2. The predicted molar refractivity (Wildman–Crippen MR) is 177 cm³/mol. The number of anilines is 2. The monoisotopic (exact) mass is 602 g/mol. The Balaban J connectivity index is 1.13. The molecule has 6 nitrogen and oxygen atoms in total. The van der Waals surface area contributed by atoms with Gasteiger partial charge < -0.3 is 10.1 Å². The van der Waals surface area contributed by atoms with Crippen LogP contribution < -0.4 is 15.5 Å². The fraction of sp³-hybridized carbons (Fsp3) is 0.0571. The highest BCUT2D eigenvalue weighted by atomic mass is 35.5. The molecule has 0 atom stereocenters. The van der Waals surface area contributed by atoms with Crippen molar-refractivity contribution in [2.45, 2.75) is 13.5 Å². The van der Waals surface area contributed by atoms with Gasteiger partial charge in [0.2, 0.25) is 0 Å². The lowest BCUT2D eigenvalue weighted by molar-refractivity contribution is 0.0955. The number of carbonyl (C=O) groups is 1. The lowest BCUT2D eigenvalue weighted by Crippen LogP contribution is -2.17. The summed E-state index contributed by atoms with van der Waals surface area (Å²) >= 11 is 7.47. The van der Waals surface area contributed by atoms with E-state index in [2.05, 4.69) is 52.0 Å². The van der Waals surface area contributed by atoms with E-state index in [4.69, 9.17) is 16.3 Å².